The highest BCUT2D eigenvalue weighted by Gasteiger charge is 2.20. The number of nitrogens with zero attached hydrogens (tertiary/aromatic N) is 1. The Morgan fingerprint density at radius 2 is 2.31 bits per heavy atom. The van der Waals surface area contributed by atoms with Gasteiger partial charge in [0.15, 0.2) is 0 Å². The molecule has 0 aliphatic carbocycles. The molecule has 0 unspecified atom stereocenters. The number of esters is 1. The molecule has 0 fully saturated rings. The zero-order chi connectivity index (χ0) is 10.1. The Morgan fingerprint density at radius 3 is 2.69 bits per heavy atom. The predicted molar refractivity (Wildman–Crippen MR) is 50.7 cm³/mol. The Morgan fingerprint density at radius 1 is 1.69 bits per heavy atom. The molecule has 1 aromatic heterocycles. The van der Waals surface area contributed by atoms with Crippen LogP contribution in [0.25, 0.3) is 0 Å². The quantitative estimate of drug-likeness (QED) is 0.727. The molecule has 0 radical (unpaired) electrons. The van der Waals surface area contributed by atoms with Crippen LogP contribution in [0.5, 0.6) is 0 Å². The van der Waals surface area contributed by atoms with Gasteiger partial charge in [0.25, 0.3) is 0 Å². The van der Waals surface area contributed by atoms with Crippen LogP contribution < -0.4 is 5.73 Å². The van der Waals surface area contributed by atoms with E-state index >= 15 is 0 Å². The highest BCUT2D eigenvalue weighted by Crippen LogP contribution is 2.20. The number of ether oxygens (including phenoxy) is 1. The number of nitrogens with two attached hydrogens (primary N) is 1. The van der Waals surface area contributed by atoms with E-state index < -0.39 is 5.54 Å². The highest BCUT2D eigenvalue weighted by atomic mass is 32.1. The average molecular weight is 200 g/mol. The molecule has 0 spiro atoms. The largest absolute Gasteiger partial charge is 0.465 e. The van der Waals surface area contributed by atoms with E-state index in [4.69, 9.17) is 5.73 Å². The molecule has 0 aromatic carbocycles. The number of hydrogen-bond donors (Lipinski definition) is 1. The summed E-state index contributed by atoms with van der Waals surface area (Å²) in [5, 5.41) is 0. The number of aromatic nitrogens is 1. The van der Waals surface area contributed by atoms with Crippen molar-refractivity contribution in [3.63, 3.8) is 0 Å². The number of rotatable bonds is 2. The number of carbonyl (C=O) groups is 1. The summed E-state index contributed by atoms with van der Waals surface area (Å²) in [7, 11) is 1.34. The van der Waals surface area contributed by atoms with Crippen LogP contribution in [0, 0.1) is 0 Å². The summed E-state index contributed by atoms with van der Waals surface area (Å²) in [4.78, 5) is 11.5. The molecule has 4 nitrogen and oxygen atoms in total. The first-order valence-corrected chi connectivity index (χ1v) is 4.57. The van der Waals surface area contributed by atoms with Gasteiger partial charge in [-0.05, 0) is 31.4 Å². The minimum atomic E-state index is -0.511. The number of hydrogen-bond acceptors (Lipinski definition) is 5. The van der Waals surface area contributed by atoms with Gasteiger partial charge in [0.2, 0.25) is 0 Å². The predicted octanol–water partition coefficient (Wildman–Crippen LogP) is 1.12. The molecule has 0 atom stereocenters. The van der Waals surface area contributed by atoms with E-state index in [9.17, 15) is 4.79 Å². The molecule has 0 amide bonds. The summed E-state index contributed by atoms with van der Waals surface area (Å²) in [6.45, 7) is 3.67. The molecule has 2 N–H and O–H groups in total. The first kappa shape index (κ1) is 10.1. The van der Waals surface area contributed by atoms with Crippen LogP contribution >= 0.6 is 11.5 Å². The first-order valence-electron chi connectivity index (χ1n) is 3.79. The molecule has 5 heteroatoms. The van der Waals surface area contributed by atoms with E-state index in [0.717, 1.165) is 11.5 Å². The standard InChI is InChI=1S/C8H12N2O2S/c1-8(2,9)6-4-5(13-10-6)7(11)12-3/h4H,9H2,1-3H3. The van der Waals surface area contributed by atoms with E-state index in [1.54, 1.807) is 6.07 Å². The molecule has 1 heterocycles. The van der Waals surface area contributed by atoms with Gasteiger partial charge in [0, 0.05) is 0 Å². The van der Waals surface area contributed by atoms with Crippen LogP contribution in [-0.2, 0) is 10.3 Å². The summed E-state index contributed by atoms with van der Waals surface area (Å²) >= 11 is 1.10. The topological polar surface area (TPSA) is 65.2 Å². The molecule has 72 valence electrons. The van der Waals surface area contributed by atoms with Crippen LogP contribution in [0.1, 0.15) is 29.2 Å². The Kier molecular flexibility index (Phi) is 2.68. The second-order valence-corrected chi connectivity index (χ2v) is 4.09. The van der Waals surface area contributed by atoms with E-state index in [1.165, 1.54) is 7.11 Å². The minimum absolute atomic E-state index is 0.368. The van der Waals surface area contributed by atoms with E-state index in [0.29, 0.717) is 10.6 Å². The van der Waals surface area contributed by atoms with Gasteiger partial charge in [0.1, 0.15) is 4.88 Å². The summed E-state index contributed by atoms with van der Waals surface area (Å²) in [5.74, 6) is -0.368. The molecule has 0 aliphatic heterocycles. The monoisotopic (exact) mass is 200 g/mol. The van der Waals surface area contributed by atoms with Gasteiger partial charge in [-0.15, -0.1) is 0 Å². The Balaban J connectivity index is 2.93. The van der Waals surface area contributed by atoms with Crippen molar-refractivity contribution >= 4 is 17.5 Å². The lowest BCUT2D eigenvalue weighted by atomic mass is 10.0. The molecule has 0 saturated heterocycles. The van der Waals surface area contributed by atoms with Gasteiger partial charge in [-0.1, -0.05) is 0 Å². The highest BCUT2D eigenvalue weighted by molar-refractivity contribution is 7.08. The molecular weight excluding hydrogens is 188 g/mol. The fraction of sp³-hybridized carbons (Fsp3) is 0.500. The number of carbonyl (C=O) groups excluding carboxylic acids is 1. The summed E-state index contributed by atoms with van der Waals surface area (Å²) in [6.07, 6.45) is 0. The summed E-state index contributed by atoms with van der Waals surface area (Å²) < 4.78 is 8.63. The van der Waals surface area contributed by atoms with Crippen molar-refractivity contribution in [1.82, 2.24) is 4.37 Å². The maximum Gasteiger partial charge on any atom is 0.349 e. The number of methoxy groups -OCH3 is 1. The van der Waals surface area contributed by atoms with Crippen LogP contribution in [0.15, 0.2) is 6.07 Å². The van der Waals surface area contributed by atoms with Gasteiger partial charge in [-0.2, -0.15) is 4.37 Å². The van der Waals surface area contributed by atoms with Crippen LogP contribution in [0.4, 0.5) is 0 Å². The van der Waals surface area contributed by atoms with Crippen molar-refractivity contribution in [2.45, 2.75) is 19.4 Å². The van der Waals surface area contributed by atoms with Gasteiger partial charge < -0.3 is 10.5 Å². The smallest absolute Gasteiger partial charge is 0.349 e. The minimum Gasteiger partial charge on any atom is -0.465 e. The zero-order valence-corrected chi connectivity index (χ0v) is 8.64. The Labute approximate surface area is 80.9 Å². The molecular formula is C8H12N2O2S. The third-order valence-corrected chi connectivity index (χ3v) is 2.33. The molecule has 0 bridgehead atoms. The van der Waals surface area contributed by atoms with Crippen LogP contribution in [-0.4, -0.2) is 17.5 Å². The SMILES string of the molecule is COC(=O)c1cc(C(C)(C)N)ns1. The lowest BCUT2D eigenvalue weighted by Gasteiger charge is -2.14. The molecule has 0 aliphatic rings. The van der Waals surface area contributed by atoms with Crippen molar-refractivity contribution in [3.05, 3.63) is 16.6 Å². The fourth-order valence-electron chi connectivity index (χ4n) is 0.776. The van der Waals surface area contributed by atoms with Crippen molar-refractivity contribution in [2.75, 3.05) is 7.11 Å². The Bertz CT molecular complexity index is 314. The zero-order valence-electron chi connectivity index (χ0n) is 7.83. The maximum atomic E-state index is 11.1. The van der Waals surface area contributed by atoms with Gasteiger partial charge >= 0.3 is 5.97 Å². The van der Waals surface area contributed by atoms with E-state index in [-0.39, 0.29) is 5.97 Å². The van der Waals surface area contributed by atoms with Crippen LogP contribution in [0.2, 0.25) is 0 Å². The van der Waals surface area contributed by atoms with E-state index in [2.05, 4.69) is 9.11 Å². The lowest BCUT2D eigenvalue weighted by molar-refractivity contribution is 0.0606. The molecule has 0 saturated carbocycles. The third-order valence-electron chi connectivity index (χ3n) is 1.56. The second kappa shape index (κ2) is 3.43. The van der Waals surface area contributed by atoms with Crippen molar-refractivity contribution < 1.29 is 9.53 Å². The van der Waals surface area contributed by atoms with Gasteiger partial charge in [-0.3, -0.25) is 0 Å². The van der Waals surface area contributed by atoms with E-state index in [1.807, 2.05) is 13.8 Å². The normalized spacial score (nSPS) is 11.4. The van der Waals surface area contributed by atoms with Crippen molar-refractivity contribution in [1.29, 1.82) is 0 Å². The third kappa shape index (κ3) is 2.26. The molecule has 1 aromatic rings. The molecule has 13 heavy (non-hydrogen) atoms. The molecule has 1 rings (SSSR count). The van der Waals surface area contributed by atoms with Gasteiger partial charge in [-0.25, -0.2) is 4.79 Å². The average Bonchev–Trinajstić information content (AvgIpc) is 2.50. The van der Waals surface area contributed by atoms with Crippen molar-refractivity contribution in [2.24, 2.45) is 5.73 Å². The summed E-state index contributed by atoms with van der Waals surface area (Å²) in [5.41, 5.74) is 6.00. The van der Waals surface area contributed by atoms with Crippen molar-refractivity contribution in [3.8, 4) is 0 Å². The Hall–Kier alpha value is -0.940. The first-order chi connectivity index (χ1) is 5.95. The fourth-order valence-corrected chi connectivity index (χ4v) is 1.58. The maximum absolute atomic E-state index is 11.1. The summed E-state index contributed by atoms with van der Waals surface area (Å²) in [6, 6.07) is 1.66. The lowest BCUT2D eigenvalue weighted by Crippen LogP contribution is -2.28. The van der Waals surface area contributed by atoms with Crippen LogP contribution in [0.3, 0.4) is 0 Å². The second-order valence-electron chi connectivity index (χ2n) is 3.29. The van der Waals surface area contributed by atoms with Gasteiger partial charge in [0.05, 0.1) is 18.3 Å².